The van der Waals surface area contributed by atoms with Gasteiger partial charge < -0.3 is 5.32 Å². The maximum atomic E-state index is 4.78. The zero-order valence-corrected chi connectivity index (χ0v) is 14.7. The summed E-state index contributed by atoms with van der Waals surface area (Å²) in [5.41, 5.74) is 1.37. The minimum atomic E-state index is 0.160. The summed E-state index contributed by atoms with van der Waals surface area (Å²) in [4.78, 5) is 6.19. The second-order valence-corrected chi connectivity index (χ2v) is 8.55. The lowest BCUT2D eigenvalue weighted by Crippen LogP contribution is -2.26. The number of hydrogen-bond donors (Lipinski definition) is 1. The molecule has 0 aliphatic heterocycles. The molecule has 20 heavy (non-hydrogen) atoms. The molecule has 0 amide bonds. The van der Waals surface area contributed by atoms with Gasteiger partial charge in [0.15, 0.2) is 0 Å². The van der Waals surface area contributed by atoms with Crippen molar-refractivity contribution in [3.05, 3.63) is 15.6 Å². The van der Waals surface area contributed by atoms with Crippen LogP contribution in [0, 0.1) is 18.8 Å². The summed E-state index contributed by atoms with van der Waals surface area (Å²) in [6.07, 6.45) is 4.22. The third-order valence-electron chi connectivity index (χ3n) is 4.59. The quantitative estimate of drug-likeness (QED) is 0.860. The van der Waals surface area contributed by atoms with Crippen molar-refractivity contribution in [2.75, 3.05) is 6.54 Å². The van der Waals surface area contributed by atoms with Gasteiger partial charge in [0.1, 0.15) is 0 Å². The molecule has 1 saturated carbocycles. The van der Waals surface area contributed by atoms with Gasteiger partial charge in [0.25, 0.3) is 0 Å². The van der Waals surface area contributed by atoms with Crippen LogP contribution in [0.15, 0.2) is 0 Å². The molecule has 0 aromatic carbocycles. The number of nitrogens with one attached hydrogen (secondary N) is 1. The molecule has 0 radical (unpaired) electrons. The fourth-order valence-corrected chi connectivity index (χ4v) is 4.23. The molecule has 2 nitrogen and oxygen atoms in total. The minimum absolute atomic E-state index is 0.160. The van der Waals surface area contributed by atoms with Crippen LogP contribution in [0.25, 0.3) is 0 Å². The van der Waals surface area contributed by atoms with Crippen LogP contribution in [0.4, 0.5) is 0 Å². The Kier molecular flexibility index (Phi) is 4.91. The van der Waals surface area contributed by atoms with E-state index in [-0.39, 0.29) is 5.41 Å². The summed E-state index contributed by atoms with van der Waals surface area (Å²) in [7, 11) is 0. The highest BCUT2D eigenvalue weighted by Gasteiger charge is 2.25. The molecule has 3 heteroatoms. The van der Waals surface area contributed by atoms with Gasteiger partial charge in [0.05, 0.1) is 10.7 Å². The van der Waals surface area contributed by atoms with Crippen molar-refractivity contribution < 1.29 is 0 Å². The molecular formula is C17H30N2S. The highest BCUT2D eigenvalue weighted by Crippen LogP contribution is 2.34. The Morgan fingerprint density at radius 3 is 2.55 bits per heavy atom. The monoisotopic (exact) mass is 294 g/mol. The van der Waals surface area contributed by atoms with E-state index in [1.54, 1.807) is 0 Å². The van der Waals surface area contributed by atoms with E-state index in [1.807, 2.05) is 11.3 Å². The first-order valence-corrected chi connectivity index (χ1v) is 8.82. The van der Waals surface area contributed by atoms with Crippen molar-refractivity contribution in [1.82, 2.24) is 10.3 Å². The van der Waals surface area contributed by atoms with Gasteiger partial charge in [-0.1, -0.05) is 40.5 Å². The lowest BCUT2D eigenvalue weighted by molar-refractivity contribution is 0.376. The predicted octanol–water partition coefficient (Wildman–Crippen LogP) is 4.84. The average Bonchev–Trinajstić information content (AvgIpc) is 2.92. The molecule has 1 aliphatic rings. The van der Waals surface area contributed by atoms with E-state index in [9.17, 15) is 0 Å². The predicted molar refractivity (Wildman–Crippen MR) is 88.5 cm³/mol. The molecule has 0 spiro atoms. The minimum Gasteiger partial charge on any atom is -0.309 e. The van der Waals surface area contributed by atoms with E-state index in [0.717, 1.165) is 18.4 Å². The van der Waals surface area contributed by atoms with Crippen molar-refractivity contribution in [2.45, 2.75) is 72.3 Å². The SMILES string of the molecule is Cc1nc(C(C)(C)C)sc1C(C)NCC1CCCC1C. The first-order chi connectivity index (χ1) is 9.29. The fourth-order valence-electron chi connectivity index (χ4n) is 3.08. The van der Waals surface area contributed by atoms with Gasteiger partial charge in [-0.05, 0) is 38.6 Å². The van der Waals surface area contributed by atoms with E-state index in [4.69, 9.17) is 4.98 Å². The van der Waals surface area contributed by atoms with E-state index in [1.165, 1.54) is 34.8 Å². The molecular weight excluding hydrogens is 264 g/mol. The molecule has 114 valence electrons. The zero-order chi connectivity index (χ0) is 14.9. The maximum absolute atomic E-state index is 4.78. The largest absolute Gasteiger partial charge is 0.309 e. The standard InChI is InChI=1S/C17H30N2S/c1-11-8-7-9-14(11)10-18-12(2)15-13(3)19-16(20-15)17(4,5)6/h11-12,14,18H,7-10H2,1-6H3. The molecule has 1 aromatic heterocycles. The van der Waals surface area contributed by atoms with Crippen LogP contribution >= 0.6 is 11.3 Å². The number of aromatic nitrogens is 1. The zero-order valence-electron chi connectivity index (χ0n) is 13.9. The van der Waals surface area contributed by atoms with Crippen molar-refractivity contribution in [3.63, 3.8) is 0 Å². The van der Waals surface area contributed by atoms with Crippen LogP contribution in [0.3, 0.4) is 0 Å². The highest BCUT2D eigenvalue weighted by molar-refractivity contribution is 7.12. The molecule has 3 unspecified atom stereocenters. The molecule has 2 rings (SSSR count). The maximum Gasteiger partial charge on any atom is 0.0985 e. The van der Waals surface area contributed by atoms with E-state index in [0.29, 0.717) is 6.04 Å². The van der Waals surface area contributed by atoms with Gasteiger partial charge in [-0.2, -0.15) is 0 Å². The summed E-state index contributed by atoms with van der Waals surface area (Å²) in [5, 5.41) is 5.00. The van der Waals surface area contributed by atoms with E-state index >= 15 is 0 Å². The van der Waals surface area contributed by atoms with Gasteiger partial charge in [-0.3, -0.25) is 0 Å². The smallest absolute Gasteiger partial charge is 0.0985 e. The van der Waals surface area contributed by atoms with Crippen LogP contribution < -0.4 is 5.32 Å². The number of aryl methyl sites for hydroxylation is 1. The second kappa shape index (κ2) is 6.15. The Labute approximate surface area is 128 Å². The van der Waals surface area contributed by atoms with Gasteiger partial charge in [0, 0.05) is 16.3 Å². The Morgan fingerprint density at radius 2 is 2.05 bits per heavy atom. The topological polar surface area (TPSA) is 24.9 Å². The van der Waals surface area contributed by atoms with Crippen molar-refractivity contribution >= 4 is 11.3 Å². The molecule has 1 heterocycles. The second-order valence-electron chi connectivity index (χ2n) is 7.52. The third-order valence-corrected chi connectivity index (χ3v) is 6.36. The number of hydrogen-bond acceptors (Lipinski definition) is 3. The van der Waals surface area contributed by atoms with Crippen LogP contribution in [-0.2, 0) is 5.41 Å². The van der Waals surface area contributed by atoms with Gasteiger partial charge in [-0.15, -0.1) is 11.3 Å². The van der Waals surface area contributed by atoms with Crippen molar-refractivity contribution in [1.29, 1.82) is 0 Å². The summed E-state index contributed by atoms with van der Waals surface area (Å²) in [6, 6.07) is 0.427. The molecule has 1 N–H and O–H groups in total. The van der Waals surface area contributed by atoms with Crippen molar-refractivity contribution in [3.8, 4) is 0 Å². The first-order valence-electron chi connectivity index (χ1n) is 8.00. The Morgan fingerprint density at radius 1 is 1.35 bits per heavy atom. The molecule has 0 bridgehead atoms. The molecule has 3 atom stereocenters. The van der Waals surface area contributed by atoms with E-state index < -0.39 is 0 Å². The van der Waals surface area contributed by atoms with Crippen LogP contribution in [0.5, 0.6) is 0 Å². The van der Waals surface area contributed by atoms with Gasteiger partial charge >= 0.3 is 0 Å². The number of nitrogens with zero attached hydrogens (tertiary/aromatic N) is 1. The third kappa shape index (κ3) is 3.62. The average molecular weight is 295 g/mol. The van der Waals surface area contributed by atoms with E-state index in [2.05, 4.69) is 46.9 Å². The van der Waals surface area contributed by atoms with Gasteiger partial charge in [-0.25, -0.2) is 4.98 Å². The summed E-state index contributed by atoms with van der Waals surface area (Å²) < 4.78 is 0. The molecule has 1 aromatic rings. The van der Waals surface area contributed by atoms with Crippen LogP contribution in [0.1, 0.15) is 75.5 Å². The lowest BCUT2D eigenvalue weighted by atomic mass is 9.98. The Hall–Kier alpha value is -0.410. The normalized spacial score (nSPS) is 25.1. The van der Waals surface area contributed by atoms with Crippen LogP contribution in [-0.4, -0.2) is 11.5 Å². The lowest BCUT2D eigenvalue weighted by Gasteiger charge is -2.20. The van der Waals surface area contributed by atoms with Crippen molar-refractivity contribution in [2.24, 2.45) is 11.8 Å². The molecule has 0 saturated heterocycles. The number of rotatable bonds is 4. The highest BCUT2D eigenvalue weighted by atomic mass is 32.1. The number of thiazole rings is 1. The summed E-state index contributed by atoms with van der Waals surface area (Å²) in [5.74, 6) is 1.76. The summed E-state index contributed by atoms with van der Waals surface area (Å²) in [6.45, 7) is 14.7. The van der Waals surface area contributed by atoms with Gasteiger partial charge in [0.2, 0.25) is 0 Å². The Bertz CT molecular complexity index is 444. The first kappa shape index (κ1) is 16.0. The summed E-state index contributed by atoms with van der Waals surface area (Å²) >= 11 is 1.88. The fraction of sp³-hybridized carbons (Fsp3) is 0.824. The Balaban J connectivity index is 1.98. The molecule has 1 fully saturated rings. The molecule has 1 aliphatic carbocycles. The van der Waals surface area contributed by atoms with Crippen LogP contribution in [0.2, 0.25) is 0 Å².